The summed E-state index contributed by atoms with van der Waals surface area (Å²) in [7, 11) is 2.38. The van der Waals surface area contributed by atoms with Crippen LogP contribution in [0.2, 0.25) is 0 Å². The van der Waals surface area contributed by atoms with Gasteiger partial charge in [0.05, 0.1) is 20.6 Å². The molecule has 0 unspecified atom stereocenters. The van der Waals surface area contributed by atoms with Crippen LogP contribution in [0.15, 0.2) is 0 Å². The van der Waals surface area contributed by atoms with Gasteiger partial charge in [-0.15, -0.1) is 0 Å². The largest absolute Gasteiger partial charge is 0.467 e. The zero-order valence-electron chi connectivity index (χ0n) is 6.86. The van der Waals surface area contributed by atoms with Crippen LogP contribution in [0, 0.1) is 0 Å². The number of nitrogens with one attached hydrogen (secondary N) is 1. The Morgan fingerprint density at radius 1 is 1.50 bits per heavy atom. The molecule has 0 bridgehead atoms. The van der Waals surface area contributed by atoms with Gasteiger partial charge < -0.3 is 9.84 Å². The molecule has 0 aliphatic heterocycles. The summed E-state index contributed by atoms with van der Waals surface area (Å²) in [6, 6.07) is 0. The molecule has 70 valence electrons. The van der Waals surface area contributed by atoms with Gasteiger partial charge in [-0.2, -0.15) is 0 Å². The van der Waals surface area contributed by atoms with Gasteiger partial charge in [-0.3, -0.25) is 9.63 Å². The van der Waals surface area contributed by atoms with Crippen LogP contribution in [0.4, 0.5) is 0 Å². The normalized spacial score (nSPS) is 11.9. The maximum atomic E-state index is 10.7. The number of hydrogen-bond acceptors (Lipinski definition) is 5. The fourth-order valence-electron chi connectivity index (χ4n) is 0.550. The zero-order chi connectivity index (χ0) is 9.56. The average Bonchev–Trinajstić information content (AvgIpc) is 2.03. The SMILES string of the molecule is CONC(=O)C[C@H](O)C(=O)OC. The molecule has 0 heterocycles. The molecular formula is C6H11NO5. The van der Waals surface area contributed by atoms with Crippen molar-refractivity contribution in [3.05, 3.63) is 0 Å². The number of aliphatic hydroxyl groups is 1. The number of methoxy groups -OCH3 is 1. The molecule has 0 radical (unpaired) electrons. The first kappa shape index (κ1) is 10.9. The summed E-state index contributed by atoms with van der Waals surface area (Å²) in [4.78, 5) is 25.5. The Morgan fingerprint density at radius 2 is 2.08 bits per heavy atom. The molecule has 0 saturated carbocycles. The predicted octanol–water partition coefficient (Wildman–Crippen LogP) is -1.41. The second-order valence-electron chi connectivity index (χ2n) is 1.97. The second kappa shape index (κ2) is 5.50. The van der Waals surface area contributed by atoms with E-state index in [4.69, 9.17) is 5.11 Å². The Labute approximate surface area is 69.4 Å². The summed E-state index contributed by atoms with van der Waals surface area (Å²) in [5.74, 6) is -1.43. The number of aliphatic hydroxyl groups excluding tert-OH is 1. The highest BCUT2D eigenvalue weighted by Gasteiger charge is 2.18. The maximum absolute atomic E-state index is 10.7. The third-order valence-electron chi connectivity index (χ3n) is 1.07. The second-order valence-corrected chi connectivity index (χ2v) is 1.97. The minimum Gasteiger partial charge on any atom is -0.467 e. The maximum Gasteiger partial charge on any atom is 0.335 e. The minimum atomic E-state index is -1.44. The number of hydrogen-bond donors (Lipinski definition) is 2. The number of carbonyl (C=O) groups is 2. The zero-order valence-corrected chi connectivity index (χ0v) is 6.86. The lowest BCUT2D eigenvalue weighted by molar-refractivity contribution is -0.154. The van der Waals surface area contributed by atoms with Gasteiger partial charge in [-0.05, 0) is 0 Å². The van der Waals surface area contributed by atoms with Crippen molar-refractivity contribution in [2.45, 2.75) is 12.5 Å². The molecule has 0 aliphatic rings. The summed E-state index contributed by atoms with van der Waals surface area (Å²) in [6.45, 7) is 0. The first-order valence-electron chi connectivity index (χ1n) is 3.19. The first-order chi connectivity index (χ1) is 5.61. The Bertz CT molecular complexity index is 169. The van der Waals surface area contributed by atoms with E-state index in [0.717, 1.165) is 7.11 Å². The fraction of sp³-hybridized carbons (Fsp3) is 0.667. The molecular weight excluding hydrogens is 166 g/mol. The summed E-state index contributed by atoms with van der Waals surface area (Å²) >= 11 is 0. The lowest BCUT2D eigenvalue weighted by Gasteiger charge is -2.06. The Balaban J connectivity index is 3.75. The van der Waals surface area contributed by atoms with Gasteiger partial charge in [0.1, 0.15) is 0 Å². The number of rotatable bonds is 4. The quantitative estimate of drug-likeness (QED) is 0.407. The van der Waals surface area contributed by atoms with E-state index in [0.29, 0.717) is 0 Å². The van der Waals surface area contributed by atoms with Crippen LogP contribution >= 0.6 is 0 Å². The van der Waals surface area contributed by atoms with E-state index in [1.165, 1.54) is 7.11 Å². The van der Waals surface area contributed by atoms with Crippen molar-refractivity contribution in [3.8, 4) is 0 Å². The summed E-state index contributed by atoms with van der Waals surface area (Å²) in [6.07, 6.45) is -1.81. The van der Waals surface area contributed by atoms with Crippen LogP contribution < -0.4 is 5.48 Å². The molecule has 2 N–H and O–H groups in total. The lowest BCUT2D eigenvalue weighted by Crippen LogP contribution is -2.31. The molecule has 0 aromatic rings. The van der Waals surface area contributed by atoms with Gasteiger partial charge in [0.2, 0.25) is 5.91 Å². The summed E-state index contributed by atoms with van der Waals surface area (Å²) in [5.41, 5.74) is 1.95. The number of hydroxylamine groups is 1. The van der Waals surface area contributed by atoms with Crippen molar-refractivity contribution in [3.63, 3.8) is 0 Å². The Hall–Kier alpha value is -1.14. The number of ether oxygens (including phenoxy) is 1. The van der Waals surface area contributed by atoms with Crippen molar-refractivity contribution in [2.75, 3.05) is 14.2 Å². The molecule has 1 amide bonds. The molecule has 0 aromatic heterocycles. The van der Waals surface area contributed by atoms with Crippen molar-refractivity contribution in [2.24, 2.45) is 0 Å². The van der Waals surface area contributed by atoms with Gasteiger partial charge in [-0.25, -0.2) is 10.3 Å². The molecule has 0 aromatic carbocycles. The van der Waals surface area contributed by atoms with E-state index >= 15 is 0 Å². The van der Waals surface area contributed by atoms with Crippen LogP contribution in [0.3, 0.4) is 0 Å². The number of carbonyl (C=O) groups excluding carboxylic acids is 2. The van der Waals surface area contributed by atoms with Gasteiger partial charge in [0, 0.05) is 0 Å². The van der Waals surface area contributed by atoms with Gasteiger partial charge >= 0.3 is 5.97 Å². The fourth-order valence-corrected chi connectivity index (χ4v) is 0.550. The van der Waals surface area contributed by atoms with Crippen molar-refractivity contribution >= 4 is 11.9 Å². The minimum absolute atomic E-state index is 0.374. The third-order valence-corrected chi connectivity index (χ3v) is 1.07. The summed E-state index contributed by atoms with van der Waals surface area (Å²) < 4.78 is 4.18. The third kappa shape index (κ3) is 3.89. The monoisotopic (exact) mass is 177 g/mol. The van der Waals surface area contributed by atoms with E-state index in [-0.39, 0.29) is 6.42 Å². The highest BCUT2D eigenvalue weighted by molar-refractivity contribution is 5.83. The van der Waals surface area contributed by atoms with Crippen LogP contribution in [0.1, 0.15) is 6.42 Å². The van der Waals surface area contributed by atoms with Crippen LogP contribution in [0.25, 0.3) is 0 Å². The molecule has 6 heteroatoms. The highest BCUT2D eigenvalue weighted by Crippen LogP contribution is 1.93. The van der Waals surface area contributed by atoms with E-state index in [1.54, 1.807) is 0 Å². The molecule has 1 atom stereocenters. The van der Waals surface area contributed by atoms with Crippen molar-refractivity contribution in [1.82, 2.24) is 5.48 Å². The molecule has 0 spiro atoms. The molecule has 0 saturated heterocycles. The van der Waals surface area contributed by atoms with Crippen molar-refractivity contribution in [1.29, 1.82) is 0 Å². The van der Waals surface area contributed by atoms with Gasteiger partial charge in [0.15, 0.2) is 6.10 Å². The number of esters is 1. The van der Waals surface area contributed by atoms with Crippen LogP contribution in [-0.2, 0) is 19.2 Å². The highest BCUT2D eigenvalue weighted by atomic mass is 16.6. The molecule has 0 fully saturated rings. The Morgan fingerprint density at radius 3 is 2.50 bits per heavy atom. The molecule has 0 rings (SSSR count). The van der Waals surface area contributed by atoms with E-state index in [1.807, 2.05) is 5.48 Å². The Kier molecular flexibility index (Phi) is 4.98. The van der Waals surface area contributed by atoms with E-state index in [2.05, 4.69) is 9.57 Å². The topological polar surface area (TPSA) is 84.9 Å². The molecule has 0 aliphatic carbocycles. The lowest BCUT2D eigenvalue weighted by atomic mass is 10.2. The molecule has 12 heavy (non-hydrogen) atoms. The van der Waals surface area contributed by atoms with E-state index in [9.17, 15) is 9.59 Å². The standard InChI is InChI=1S/C6H11NO5/c1-11-6(10)4(8)3-5(9)7-12-2/h4,8H,3H2,1-2H3,(H,7,9)/t4-/m0/s1. The predicted molar refractivity (Wildman–Crippen MR) is 37.8 cm³/mol. The number of amides is 1. The van der Waals surface area contributed by atoms with Crippen LogP contribution in [0.5, 0.6) is 0 Å². The smallest absolute Gasteiger partial charge is 0.335 e. The average molecular weight is 177 g/mol. The van der Waals surface area contributed by atoms with Crippen LogP contribution in [-0.4, -0.2) is 37.3 Å². The molecule has 6 nitrogen and oxygen atoms in total. The summed E-state index contributed by atoms with van der Waals surface area (Å²) in [5, 5.41) is 8.92. The van der Waals surface area contributed by atoms with E-state index < -0.39 is 18.0 Å². The van der Waals surface area contributed by atoms with Crippen molar-refractivity contribution < 1.29 is 24.3 Å². The first-order valence-corrected chi connectivity index (χ1v) is 3.19. The van der Waals surface area contributed by atoms with Gasteiger partial charge in [0.25, 0.3) is 0 Å². The van der Waals surface area contributed by atoms with Gasteiger partial charge in [-0.1, -0.05) is 0 Å².